The number of nitrogens with zero attached hydrogens (tertiary/aromatic N) is 2. The van der Waals surface area contributed by atoms with Crippen molar-refractivity contribution < 1.29 is 18.7 Å². The number of carbonyl (C=O) groups excluding carboxylic acids is 1. The van der Waals surface area contributed by atoms with Crippen molar-refractivity contribution in [3.05, 3.63) is 53.5 Å². The Balaban J connectivity index is 1.50. The molecule has 0 saturated carbocycles. The molecule has 0 unspecified atom stereocenters. The Morgan fingerprint density at radius 1 is 1.08 bits per heavy atom. The van der Waals surface area contributed by atoms with Crippen LogP contribution in [0.2, 0.25) is 0 Å². The molecule has 1 aromatic heterocycles. The number of rotatable bonds is 2. The number of hydrogen-bond donors (Lipinski definition) is 0. The van der Waals surface area contributed by atoms with Gasteiger partial charge in [-0.25, -0.2) is 0 Å². The van der Waals surface area contributed by atoms with E-state index in [2.05, 4.69) is 4.99 Å². The Labute approximate surface area is 145 Å². The third-order valence-corrected chi connectivity index (χ3v) is 4.13. The molecule has 6 nitrogen and oxygen atoms in total. The number of aryl methyl sites for hydroxylation is 1. The summed E-state index contributed by atoms with van der Waals surface area (Å²) in [6.07, 6.45) is 1.58. The van der Waals surface area contributed by atoms with Crippen LogP contribution in [0.4, 0.5) is 0 Å². The Bertz CT molecular complexity index is 843. The van der Waals surface area contributed by atoms with Crippen molar-refractivity contribution in [2.24, 2.45) is 4.99 Å². The molecule has 1 saturated heterocycles. The summed E-state index contributed by atoms with van der Waals surface area (Å²) in [6.45, 7) is 4.58. The Morgan fingerprint density at radius 3 is 2.60 bits per heavy atom. The van der Waals surface area contributed by atoms with Gasteiger partial charge in [0.2, 0.25) is 5.76 Å². The van der Waals surface area contributed by atoms with E-state index in [1.54, 1.807) is 6.08 Å². The van der Waals surface area contributed by atoms with E-state index in [1.807, 2.05) is 48.2 Å². The molecule has 25 heavy (non-hydrogen) atoms. The van der Waals surface area contributed by atoms with Gasteiger partial charge in [0.25, 0.3) is 0 Å². The van der Waals surface area contributed by atoms with Gasteiger partial charge in [0.05, 0.1) is 13.2 Å². The van der Waals surface area contributed by atoms with Gasteiger partial charge in [-0.05, 0) is 19.1 Å². The number of carbonyl (C=O) groups is 1. The lowest BCUT2D eigenvalue weighted by molar-refractivity contribution is -0.115. The molecule has 1 fully saturated rings. The van der Waals surface area contributed by atoms with Crippen molar-refractivity contribution in [1.29, 1.82) is 0 Å². The number of morpholine rings is 1. The number of furan rings is 1. The van der Waals surface area contributed by atoms with Crippen molar-refractivity contribution in [2.45, 2.75) is 6.92 Å². The molecule has 0 bridgehead atoms. The highest BCUT2D eigenvalue weighted by Crippen LogP contribution is 2.25. The molecule has 0 radical (unpaired) electrons. The van der Waals surface area contributed by atoms with Crippen molar-refractivity contribution in [3.63, 3.8) is 0 Å². The summed E-state index contributed by atoms with van der Waals surface area (Å²) >= 11 is 0. The number of amides is 1. The highest BCUT2D eigenvalue weighted by Gasteiger charge is 2.28. The normalized spacial score (nSPS) is 19.2. The lowest BCUT2D eigenvalue weighted by Gasteiger charge is -2.26. The van der Waals surface area contributed by atoms with Gasteiger partial charge in [-0.1, -0.05) is 29.8 Å². The maximum absolute atomic E-state index is 12.1. The van der Waals surface area contributed by atoms with Crippen LogP contribution < -0.4 is 0 Å². The molecule has 128 valence electrons. The average molecular weight is 338 g/mol. The van der Waals surface area contributed by atoms with Crippen LogP contribution in [0.15, 0.2) is 51.6 Å². The van der Waals surface area contributed by atoms with Gasteiger partial charge in [-0.3, -0.25) is 4.79 Å². The summed E-state index contributed by atoms with van der Waals surface area (Å²) in [5.74, 6) is 1.07. The largest absolute Gasteiger partial charge is 0.457 e. The fourth-order valence-corrected chi connectivity index (χ4v) is 2.72. The van der Waals surface area contributed by atoms with Crippen LogP contribution in [-0.4, -0.2) is 43.1 Å². The molecular formula is C19H18N2O4. The van der Waals surface area contributed by atoms with Crippen molar-refractivity contribution in [2.75, 3.05) is 26.3 Å². The average Bonchev–Trinajstić information content (AvgIpc) is 3.24. The molecule has 6 heteroatoms. The molecule has 4 rings (SSSR count). The zero-order chi connectivity index (χ0) is 17.2. The second-order valence-electron chi connectivity index (χ2n) is 5.98. The van der Waals surface area contributed by atoms with Crippen LogP contribution in [-0.2, 0) is 14.3 Å². The molecule has 0 spiro atoms. The minimum atomic E-state index is -0.394. The minimum absolute atomic E-state index is 0.172. The molecule has 2 aliphatic rings. The zero-order valence-corrected chi connectivity index (χ0v) is 13.9. The topological polar surface area (TPSA) is 64.3 Å². The predicted molar refractivity (Wildman–Crippen MR) is 92.8 cm³/mol. The summed E-state index contributed by atoms with van der Waals surface area (Å²) in [5.41, 5.74) is 2.18. The van der Waals surface area contributed by atoms with Crippen LogP contribution in [0.25, 0.3) is 17.4 Å². The predicted octanol–water partition coefficient (Wildman–Crippen LogP) is 2.84. The summed E-state index contributed by atoms with van der Waals surface area (Å²) < 4.78 is 16.7. The van der Waals surface area contributed by atoms with E-state index in [-0.39, 0.29) is 5.76 Å². The van der Waals surface area contributed by atoms with E-state index >= 15 is 0 Å². The van der Waals surface area contributed by atoms with E-state index in [4.69, 9.17) is 13.9 Å². The van der Waals surface area contributed by atoms with Gasteiger partial charge >= 0.3 is 11.9 Å². The molecule has 0 aliphatic carbocycles. The lowest BCUT2D eigenvalue weighted by atomic mass is 10.1. The summed E-state index contributed by atoms with van der Waals surface area (Å²) in [5, 5.41) is 0. The second kappa shape index (κ2) is 6.57. The van der Waals surface area contributed by atoms with E-state index in [9.17, 15) is 4.79 Å². The fourth-order valence-electron chi connectivity index (χ4n) is 2.72. The first-order valence-corrected chi connectivity index (χ1v) is 8.21. The summed E-state index contributed by atoms with van der Waals surface area (Å²) in [7, 11) is 0. The maximum atomic E-state index is 12.1. The van der Waals surface area contributed by atoms with Gasteiger partial charge in [0, 0.05) is 24.7 Å². The van der Waals surface area contributed by atoms with E-state index in [1.165, 1.54) is 5.56 Å². The smallest absolute Gasteiger partial charge is 0.317 e. The number of ether oxygens (including phenoxy) is 2. The quantitative estimate of drug-likeness (QED) is 0.788. The van der Waals surface area contributed by atoms with Gasteiger partial charge in [-0.15, -0.1) is 0 Å². The van der Waals surface area contributed by atoms with Crippen LogP contribution in [0, 0.1) is 6.92 Å². The molecule has 3 heterocycles. The molecule has 0 atom stereocenters. The first kappa shape index (κ1) is 15.7. The van der Waals surface area contributed by atoms with E-state index in [0.717, 1.165) is 11.3 Å². The lowest BCUT2D eigenvalue weighted by Crippen LogP contribution is -2.40. The SMILES string of the molecule is Cc1ccc(-c2ccc(/C=C3/OC(N4CCOCC4)=NC3=O)o2)cc1. The Morgan fingerprint density at radius 2 is 1.84 bits per heavy atom. The van der Waals surface area contributed by atoms with Gasteiger partial charge in [-0.2, -0.15) is 4.99 Å². The summed E-state index contributed by atoms with van der Waals surface area (Å²) in [6, 6.07) is 12.1. The fraction of sp³-hybridized carbons (Fsp3) is 0.263. The van der Waals surface area contributed by atoms with Crippen molar-refractivity contribution in [3.8, 4) is 11.3 Å². The van der Waals surface area contributed by atoms with E-state index < -0.39 is 5.91 Å². The highest BCUT2D eigenvalue weighted by molar-refractivity contribution is 6.08. The monoisotopic (exact) mass is 338 g/mol. The number of aliphatic imine (C=N–C) groups is 1. The molecule has 2 aromatic rings. The third kappa shape index (κ3) is 3.34. The molecule has 1 amide bonds. The van der Waals surface area contributed by atoms with Crippen LogP contribution >= 0.6 is 0 Å². The van der Waals surface area contributed by atoms with Crippen molar-refractivity contribution in [1.82, 2.24) is 4.90 Å². The summed E-state index contributed by atoms with van der Waals surface area (Å²) in [4.78, 5) is 18.0. The van der Waals surface area contributed by atoms with Gasteiger partial charge in [0.15, 0.2) is 0 Å². The number of amidine groups is 1. The van der Waals surface area contributed by atoms with Crippen molar-refractivity contribution >= 4 is 18.0 Å². The number of hydrogen-bond acceptors (Lipinski definition) is 5. The third-order valence-electron chi connectivity index (χ3n) is 4.13. The van der Waals surface area contributed by atoms with E-state index in [0.29, 0.717) is 38.1 Å². The van der Waals surface area contributed by atoms with Crippen LogP contribution in [0.1, 0.15) is 11.3 Å². The van der Waals surface area contributed by atoms with Crippen LogP contribution in [0.3, 0.4) is 0 Å². The molecule has 1 aromatic carbocycles. The Hall–Kier alpha value is -2.86. The van der Waals surface area contributed by atoms with Gasteiger partial charge < -0.3 is 18.8 Å². The molecule has 0 N–H and O–H groups in total. The molecular weight excluding hydrogens is 320 g/mol. The highest BCUT2D eigenvalue weighted by atomic mass is 16.5. The standard InChI is InChI=1S/C19H18N2O4/c1-13-2-4-14(5-3-13)16-7-6-15(24-16)12-17-18(22)20-19(25-17)21-8-10-23-11-9-21/h2-7,12H,8-11H2,1H3/b17-12+. The Kier molecular flexibility index (Phi) is 4.11. The minimum Gasteiger partial charge on any atom is -0.457 e. The van der Waals surface area contributed by atoms with Gasteiger partial charge in [0.1, 0.15) is 11.5 Å². The zero-order valence-electron chi connectivity index (χ0n) is 13.9. The molecule has 2 aliphatic heterocycles. The second-order valence-corrected chi connectivity index (χ2v) is 5.98. The first-order chi connectivity index (χ1) is 12.2. The van der Waals surface area contributed by atoms with Crippen LogP contribution in [0.5, 0.6) is 0 Å². The maximum Gasteiger partial charge on any atom is 0.317 e. The first-order valence-electron chi connectivity index (χ1n) is 8.21. The number of benzene rings is 1.